The number of guanidine groups is 1. The molecule has 0 aliphatic carbocycles. The Kier molecular flexibility index (Phi) is 8.38. The fraction of sp³-hybridized carbons (Fsp3) is 0.688. The topological polar surface area (TPSA) is 39.7 Å². The summed E-state index contributed by atoms with van der Waals surface area (Å²) in [6.07, 6.45) is 2.23. The van der Waals surface area contributed by atoms with Crippen LogP contribution in [0.15, 0.2) is 22.5 Å². The molecule has 0 aliphatic rings. The van der Waals surface area contributed by atoms with Crippen molar-refractivity contribution < 1.29 is 0 Å². The predicted octanol–water partition coefficient (Wildman–Crippen LogP) is 2.43. The average molecular weight is 311 g/mol. The lowest BCUT2D eigenvalue weighted by Crippen LogP contribution is -2.45. The number of rotatable bonds is 8. The lowest BCUT2D eigenvalue weighted by Gasteiger charge is -2.27. The van der Waals surface area contributed by atoms with Crippen LogP contribution in [-0.2, 0) is 6.42 Å². The fourth-order valence-electron chi connectivity index (χ4n) is 2.21. The van der Waals surface area contributed by atoms with Gasteiger partial charge in [0.05, 0.1) is 0 Å². The molecule has 1 unspecified atom stereocenters. The zero-order valence-electron chi connectivity index (χ0n) is 14.0. The second-order valence-electron chi connectivity index (χ2n) is 5.96. The first kappa shape index (κ1) is 18.0. The SMILES string of the molecule is CN=C(NCCc1cccs1)NCC(CC(C)C)N(C)C. The molecular weight excluding hydrogens is 280 g/mol. The lowest BCUT2D eigenvalue weighted by atomic mass is 10.0. The maximum absolute atomic E-state index is 4.30. The standard InChI is InChI=1S/C16H30N4S/c1-13(2)11-14(20(4)5)12-19-16(17-3)18-9-8-15-7-6-10-21-15/h6-7,10,13-14H,8-9,11-12H2,1-5H3,(H2,17,18,19). The van der Waals surface area contributed by atoms with Gasteiger partial charge in [0.25, 0.3) is 0 Å². The van der Waals surface area contributed by atoms with Crippen LogP contribution in [0.4, 0.5) is 0 Å². The van der Waals surface area contributed by atoms with Crippen molar-refractivity contribution in [2.24, 2.45) is 10.9 Å². The Labute approximate surface area is 133 Å². The maximum Gasteiger partial charge on any atom is 0.191 e. The van der Waals surface area contributed by atoms with Gasteiger partial charge in [0.15, 0.2) is 5.96 Å². The smallest absolute Gasteiger partial charge is 0.191 e. The van der Waals surface area contributed by atoms with Crippen molar-refractivity contribution in [3.8, 4) is 0 Å². The van der Waals surface area contributed by atoms with E-state index in [-0.39, 0.29) is 0 Å². The Bertz CT molecular complexity index is 398. The number of thiophene rings is 1. The van der Waals surface area contributed by atoms with Crippen molar-refractivity contribution in [3.05, 3.63) is 22.4 Å². The van der Waals surface area contributed by atoms with Gasteiger partial charge in [-0.05, 0) is 44.3 Å². The minimum Gasteiger partial charge on any atom is -0.356 e. The minimum atomic E-state index is 0.529. The zero-order valence-corrected chi connectivity index (χ0v) is 14.8. The van der Waals surface area contributed by atoms with Gasteiger partial charge in [0, 0.05) is 31.1 Å². The summed E-state index contributed by atoms with van der Waals surface area (Å²) in [5.41, 5.74) is 0. The van der Waals surface area contributed by atoms with Gasteiger partial charge >= 0.3 is 0 Å². The van der Waals surface area contributed by atoms with E-state index in [1.165, 1.54) is 11.3 Å². The molecule has 1 heterocycles. The van der Waals surface area contributed by atoms with Crippen LogP contribution >= 0.6 is 11.3 Å². The number of hydrogen-bond acceptors (Lipinski definition) is 3. The molecule has 5 heteroatoms. The summed E-state index contributed by atoms with van der Waals surface area (Å²) in [5.74, 6) is 1.59. The predicted molar refractivity (Wildman–Crippen MR) is 94.3 cm³/mol. The molecule has 1 rings (SSSR count). The summed E-state index contributed by atoms with van der Waals surface area (Å²) in [5, 5.41) is 8.94. The molecule has 0 radical (unpaired) electrons. The van der Waals surface area contributed by atoms with Crippen molar-refractivity contribution in [3.63, 3.8) is 0 Å². The molecule has 0 aromatic carbocycles. The number of nitrogens with one attached hydrogen (secondary N) is 2. The molecule has 2 N–H and O–H groups in total. The molecule has 0 aliphatic heterocycles. The summed E-state index contributed by atoms with van der Waals surface area (Å²) in [7, 11) is 6.11. The first-order valence-corrected chi connectivity index (χ1v) is 8.54. The fourth-order valence-corrected chi connectivity index (χ4v) is 2.92. The van der Waals surface area contributed by atoms with Gasteiger partial charge in [-0.25, -0.2) is 0 Å². The normalized spacial score (nSPS) is 13.8. The van der Waals surface area contributed by atoms with Crippen LogP contribution in [0.2, 0.25) is 0 Å². The van der Waals surface area contributed by atoms with Crippen molar-refractivity contribution in [2.45, 2.75) is 32.7 Å². The molecule has 0 amide bonds. The highest BCUT2D eigenvalue weighted by molar-refractivity contribution is 7.09. The van der Waals surface area contributed by atoms with Crippen molar-refractivity contribution in [2.75, 3.05) is 34.2 Å². The van der Waals surface area contributed by atoms with Gasteiger partial charge in [-0.2, -0.15) is 0 Å². The Balaban J connectivity index is 2.32. The molecule has 0 fully saturated rings. The molecular formula is C16H30N4S. The molecule has 1 aromatic rings. The molecule has 1 aromatic heterocycles. The van der Waals surface area contributed by atoms with Gasteiger partial charge < -0.3 is 15.5 Å². The maximum atomic E-state index is 4.30. The lowest BCUT2D eigenvalue weighted by molar-refractivity contribution is 0.254. The average Bonchev–Trinajstić information content (AvgIpc) is 2.93. The first-order valence-electron chi connectivity index (χ1n) is 7.66. The van der Waals surface area contributed by atoms with E-state index in [4.69, 9.17) is 0 Å². The van der Waals surface area contributed by atoms with Crippen LogP contribution in [0, 0.1) is 5.92 Å². The molecule has 0 bridgehead atoms. The van der Waals surface area contributed by atoms with Crippen LogP contribution < -0.4 is 10.6 Å². The van der Waals surface area contributed by atoms with E-state index in [9.17, 15) is 0 Å². The van der Waals surface area contributed by atoms with Gasteiger partial charge in [-0.3, -0.25) is 4.99 Å². The first-order chi connectivity index (χ1) is 10.0. The summed E-state index contributed by atoms with van der Waals surface area (Å²) >= 11 is 1.80. The number of hydrogen-bond donors (Lipinski definition) is 2. The Morgan fingerprint density at radius 2 is 2.10 bits per heavy atom. The second kappa shape index (κ2) is 9.79. The zero-order chi connectivity index (χ0) is 15.7. The van der Waals surface area contributed by atoms with Crippen LogP contribution in [0.1, 0.15) is 25.1 Å². The van der Waals surface area contributed by atoms with E-state index in [2.05, 4.69) is 66.0 Å². The third-order valence-corrected chi connectivity index (χ3v) is 4.38. The monoisotopic (exact) mass is 310 g/mol. The van der Waals surface area contributed by atoms with E-state index in [1.54, 1.807) is 11.3 Å². The van der Waals surface area contributed by atoms with E-state index in [1.807, 2.05) is 7.05 Å². The molecule has 1 atom stereocenters. The third kappa shape index (κ3) is 7.48. The number of nitrogens with zero attached hydrogens (tertiary/aromatic N) is 2. The Morgan fingerprint density at radius 3 is 2.62 bits per heavy atom. The van der Waals surface area contributed by atoms with Crippen LogP contribution in [0.3, 0.4) is 0 Å². The third-order valence-electron chi connectivity index (χ3n) is 3.45. The number of aliphatic imine (C=N–C) groups is 1. The van der Waals surface area contributed by atoms with Crippen molar-refractivity contribution in [1.82, 2.24) is 15.5 Å². The minimum absolute atomic E-state index is 0.529. The quantitative estimate of drug-likeness (QED) is 0.572. The van der Waals surface area contributed by atoms with Crippen LogP contribution in [0.5, 0.6) is 0 Å². The van der Waals surface area contributed by atoms with Crippen LogP contribution in [-0.4, -0.2) is 51.1 Å². The summed E-state index contributed by atoms with van der Waals surface area (Å²) in [6, 6.07) is 4.80. The highest BCUT2D eigenvalue weighted by Gasteiger charge is 2.13. The largest absolute Gasteiger partial charge is 0.356 e. The van der Waals surface area contributed by atoms with Gasteiger partial charge in [0.1, 0.15) is 0 Å². The summed E-state index contributed by atoms with van der Waals surface area (Å²) in [4.78, 5) is 7.99. The highest BCUT2D eigenvalue weighted by atomic mass is 32.1. The molecule has 0 saturated heterocycles. The highest BCUT2D eigenvalue weighted by Crippen LogP contribution is 2.09. The Morgan fingerprint density at radius 1 is 1.33 bits per heavy atom. The van der Waals surface area contributed by atoms with Gasteiger partial charge in [-0.1, -0.05) is 19.9 Å². The Hall–Kier alpha value is -1.07. The molecule has 4 nitrogen and oxygen atoms in total. The summed E-state index contributed by atoms with van der Waals surface area (Å²) < 4.78 is 0. The van der Waals surface area contributed by atoms with Crippen molar-refractivity contribution >= 4 is 17.3 Å². The van der Waals surface area contributed by atoms with E-state index >= 15 is 0 Å². The van der Waals surface area contributed by atoms with E-state index in [0.29, 0.717) is 12.0 Å². The van der Waals surface area contributed by atoms with Gasteiger partial charge in [0.2, 0.25) is 0 Å². The van der Waals surface area contributed by atoms with E-state index in [0.717, 1.165) is 25.5 Å². The van der Waals surface area contributed by atoms with E-state index < -0.39 is 0 Å². The molecule has 0 spiro atoms. The number of likely N-dealkylation sites (N-methyl/N-ethyl adjacent to an activating group) is 1. The van der Waals surface area contributed by atoms with Crippen LogP contribution in [0.25, 0.3) is 0 Å². The summed E-state index contributed by atoms with van der Waals surface area (Å²) in [6.45, 7) is 6.37. The molecule has 21 heavy (non-hydrogen) atoms. The second-order valence-corrected chi connectivity index (χ2v) is 6.99. The van der Waals surface area contributed by atoms with Gasteiger partial charge in [-0.15, -0.1) is 11.3 Å². The van der Waals surface area contributed by atoms with Crippen molar-refractivity contribution in [1.29, 1.82) is 0 Å². The molecule has 0 saturated carbocycles. The molecule has 120 valence electrons.